The van der Waals surface area contributed by atoms with Crippen LogP contribution in [0.5, 0.6) is 11.5 Å². The van der Waals surface area contributed by atoms with E-state index in [1.807, 2.05) is 0 Å². The molecule has 1 aromatic heterocycles. The summed E-state index contributed by atoms with van der Waals surface area (Å²) in [6.45, 7) is 3.34. The van der Waals surface area contributed by atoms with Crippen molar-refractivity contribution in [3.63, 3.8) is 0 Å². The van der Waals surface area contributed by atoms with Gasteiger partial charge in [0.05, 0.1) is 7.11 Å². The van der Waals surface area contributed by atoms with Crippen LogP contribution in [0, 0.1) is 0 Å². The van der Waals surface area contributed by atoms with E-state index in [9.17, 15) is 35.9 Å². The van der Waals surface area contributed by atoms with Crippen LogP contribution in [0.3, 0.4) is 0 Å². The normalized spacial score (nSPS) is 14.9. The van der Waals surface area contributed by atoms with Crippen LogP contribution >= 0.6 is 0 Å². The molecule has 40 heavy (non-hydrogen) atoms. The van der Waals surface area contributed by atoms with Crippen LogP contribution in [-0.2, 0) is 17.1 Å². The van der Waals surface area contributed by atoms with Gasteiger partial charge < -0.3 is 20.1 Å². The zero-order chi connectivity index (χ0) is 29.6. The van der Waals surface area contributed by atoms with Crippen molar-refractivity contribution in [2.75, 3.05) is 20.3 Å². The fraction of sp³-hybridized carbons (Fsp3) is 0.296. The third-order valence-corrected chi connectivity index (χ3v) is 5.79. The van der Waals surface area contributed by atoms with Gasteiger partial charge in [0.1, 0.15) is 34.9 Å². The van der Waals surface area contributed by atoms with Crippen LogP contribution in [-0.4, -0.2) is 42.6 Å². The molecule has 1 heterocycles. The molecule has 1 fully saturated rings. The molecule has 0 unspecified atom stereocenters. The smallest absolute Gasteiger partial charge is 0.433 e. The molecule has 2 aromatic rings. The molecule has 214 valence electrons. The first-order chi connectivity index (χ1) is 18.8. The van der Waals surface area contributed by atoms with E-state index >= 15 is 0 Å². The lowest BCUT2D eigenvalue weighted by Gasteiger charge is -2.18. The van der Waals surface area contributed by atoms with Crippen LogP contribution in [0.25, 0.3) is 0 Å². The summed E-state index contributed by atoms with van der Waals surface area (Å²) in [4.78, 5) is 28.5. The van der Waals surface area contributed by atoms with Gasteiger partial charge >= 0.3 is 12.4 Å². The Labute approximate surface area is 225 Å². The molecule has 7 nitrogen and oxygen atoms in total. The summed E-state index contributed by atoms with van der Waals surface area (Å²) in [5.41, 5.74) is -3.27. The highest BCUT2D eigenvalue weighted by Gasteiger charge is 2.51. The zero-order valence-corrected chi connectivity index (χ0v) is 21.2. The minimum atomic E-state index is -4.73. The molecule has 0 aliphatic heterocycles. The van der Waals surface area contributed by atoms with Gasteiger partial charge in [0, 0.05) is 18.3 Å². The van der Waals surface area contributed by atoms with Crippen LogP contribution < -0.4 is 20.1 Å². The van der Waals surface area contributed by atoms with Gasteiger partial charge in [0.2, 0.25) is 5.91 Å². The number of hydrogen-bond acceptors (Lipinski definition) is 5. The molecule has 0 radical (unpaired) electrons. The number of nitrogens with one attached hydrogen (secondary N) is 2. The Morgan fingerprint density at radius 1 is 1.10 bits per heavy atom. The predicted octanol–water partition coefficient (Wildman–Crippen LogP) is 5.25. The molecular formula is C27H25F6N3O4. The Balaban J connectivity index is 1.58. The number of amides is 2. The zero-order valence-electron chi connectivity index (χ0n) is 21.2. The molecule has 1 aliphatic rings. The van der Waals surface area contributed by atoms with Crippen molar-refractivity contribution in [1.29, 1.82) is 0 Å². The molecule has 0 atom stereocenters. The highest BCUT2D eigenvalue weighted by atomic mass is 19.4. The topological polar surface area (TPSA) is 89.5 Å². The molecule has 3 rings (SSSR count). The molecule has 0 spiro atoms. The van der Waals surface area contributed by atoms with Crippen molar-refractivity contribution >= 4 is 11.8 Å². The number of methoxy groups -OCH3 is 1. The van der Waals surface area contributed by atoms with Gasteiger partial charge in [-0.2, -0.15) is 26.3 Å². The Hall–Kier alpha value is -4.29. The molecule has 0 bridgehead atoms. The van der Waals surface area contributed by atoms with Crippen molar-refractivity contribution in [3.05, 3.63) is 89.8 Å². The van der Waals surface area contributed by atoms with E-state index in [2.05, 4.69) is 22.2 Å². The first-order valence-electron chi connectivity index (χ1n) is 11.8. The molecule has 2 N–H and O–H groups in total. The van der Waals surface area contributed by atoms with E-state index in [0.717, 1.165) is 24.4 Å². The average Bonchev–Trinajstić information content (AvgIpc) is 3.69. The van der Waals surface area contributed by atoms with Crippen molar-refractivity contribution < 1.29 is 45.4 Å². The number of aromatic nitrogens is 1. The van der Waals surface area contributed by atoms with Gasteiger partial charge in [-0.05, 0) is 54.8 Å². The molecule has 1 aromatic carbocycles. The summed E-state index contributed by atoms with van der Waals surface area (Å²) in [6, 6.07) is 5.03. The Kier molecular flexibility index (Phi) is 9.28. The van der Waals surface area contributed by atoms with Crippen molar-refractivity contribution in [2.24, 2.45) is 0 Å². The summed E-state index contributed by atoms with van der Waals surface area (Å²) >= 11 is 0. The predicted molar refractivity (Wildman–Crippen MR) is 133 cm³/mol. The molecule has 2 amide bonds. The second-order valence-electron chi connectivity index (χ2n) is 8.70. The van der Waals surface area contributed by atoms with E-state index in [-0.39, 0.29) is 43.1 Å². The summed E-state index contributed by atoms with van der Waals surface area (Å²) < 4.78 is 88.8. The molecule has 1 aliphatic carbocycles. The van der Waals surface area contributed by atoms with Gasteiger partial charge in [0.25, 0.3) is 5.91 Å². The van der Waals surface area contributed by atoms with Crippen LogP contribution in [0.4, 0.5) is 26.3 Å². The van der Waals surface area contributed by atoms with Crippen molar-refractivity contribution in [1.82, 2.24) is 15.6 Å². The minimum Gasteiger partial charge on any atom is -0.497 e. The van der Waals surface area contributed by atoms with E-state index in [0.29, 0.717) is 11.6 Å². The Bertz CT molecular complexity index is 1310. The number of carbonyl (C=O) groups excluding carboxylic acids is 2. The third-order valence-electron chi connectivity index (χ3n) is 5.79. The molecule has 1 saturated carbocycles. The van der Waals surface area contributed by atoms with Gasteiger partial charge in [-0.15, -0.1) is 0 Å². The van der Waals surface area contributed by atoms with E-state index in [1.54, 1.807) is 6.08 Å². The second-order valence-corrected chi connectivity index (χ2v) is 8.70. The third kappa shape index (κ3) is 7.87. The van der Waals surface area contributed by atoms with Gasteiger partial charge in [-0.1, -0.05) is 24.8 Å². The van der Waals surface area contributed by atoms with Crippen molar-refractivity contribution in [2.45, 2.75) is 30.7 Å². The maximum absolute atomic E-state index is 13.3. The summed E-state index contributed by atoms with van der Waals surface area (Å²) in [5.74, 6) is -1.75. The number of alkyl halides is 6. The van der Waals surface area contributed by atoms with Crippen LogP contribution in [0.15, 0.2) is 73.0 Å². The van der Waals surface area contributed by atoms with Crippen LogP contribution in [0.2, 0.25) is 0 Å². The number of carbonyl (C=O) groups is 2. The quantitative estimate of drug-likeness (QED) is 0.285. The maximum atomic E-state index is 13.3. The van der Waals surface area contributed by atoms with Gasteiger partial charge in [-0.3, -0.25) is 14.6 Å². The van der Waals surface area contributed by atoms with Crippen molar-refractivity contribution in [3.8, 4) is 11.5 Å². The van der Waals surface area contributed by atoms with E-state index in [1.165, 1.54) is 31.4 Å². The number of hydrogen-bond donors (Lipinski definition) is 2. The maximum Gasteiger partial charge on any atom is 0.433 e. The fourth-order valence-electron chi connectivity index (χ4n) is 3.55. The highest BCUT2D eigenvalue weighted by Crippen LogP contribution is 2.38. The monoisotopic (exact) mass is 569 g/mol. The first kappa shape index (κ1) is 30.3. The highest BCUT2D eigenvalue weighted by molar-refractivity contribution is 6.00. The Morgan fingerprint density at radius 3 is 2.42 bits per heavy atom. The average molecular weight is 570 g/mol. The number of halogens is 6. The number of nitrogens with zero attached hydrogens (tertiary/aromatic N) is 1. The molecular weight excluding hydrogens is 544 g/mol. The molecule has 0 saturated heterocycles. The van der Waals surface area contributed by atoms with Gasteiger partial charge in [-0.25, -0.2) is 0 Å². The number of benzene rings is 1. The lowest BCUT2D eigenvalue weighted by molar-refractivity contribution is -0.141. The molecule has 13 heteroatoms. The van der Waals surface area contributed by atoms with E-state index < -0.39 is 41.0 Å². The number of ether oxygens (including phenoxy) is 2. The first-order valence-corrected chi connectivity index (χ1v) is 11.8. The van der Waals surface area contributed by atoms with E-state index in [4.69, 9.17) is 9.47 Å². The Morgan fingerprint density at radius 2 is 1.82 bits per heavy atom. The number of allylic oxidation sites excluding steroid dienone is 2. The largest absolute Gasteiger partial charge is 0.497 e. The second kappa shape index (κ2) is 12.3. The summed E-state index contributed by atoms with van der Waals surface area (Å²) in [7, 11) is 1.25. The number of pyridine rings is 1. The summed E-state index contributed by atoms with van der Waals surface area (Å²) in [5, 5.41) is 5.14. The SMILES string of the molecule is C=C/C=C(\C=C/COc1ccc(OC)cc1C(F)(F)F)CNC(=O)C1(NC(=O)c2ccnc(C(F)(F)F)c2)CC1. The standard InChI is InChI=1S/C27H25F6N3O4/c1-3-5-17(6-4-13-40-21-8-7-19(39-2)15-20(21)26(28,29)30)16-35-24(38)25(10-11-25)36-23(37)18-9-12-34-22(14-18)27(31,32)33/h3-9,12,14-15H,1,10-11,13,16H2,2H3,(H,35,38)(H,36,37)/b6-4-,17-5+. The fourth-order valence-corrected chi connectivity index (χ4v) is 3.55. The minimum absolute atomic E-state index is 0.0250. The van der Waals surface area contributed by atoms with Gasteiger partial charge in [0.15, 0.2) is 0 Å². The number of rotatable bonds is 11. The lowest BCUT2D eigenvalue weighted by atomic mass is 10.1. The summed E-state index contributed by atoms with van der Waals surface area (Å²) in [6.07, 6.45) is -1.99. The lowest BCUT2D eigenvalue weighted by Crippen LogP contribution is -2.49. The van der Waals surface area contributed by atoms with Crippen LogP contribution in [0.1, 0.15) is 34.5 Å².